The third kappa shape index (κ3) is 1.05. The van der Waals surface area contributed by atoms with E-state index in [-0.39, 0.29) is 0 Å². The fourth-order valence-corrected chi connectivity index (χ4v) is 1.05. The van der Waals surface area contributed by atoms with Crippen molar-refractivity contribution in [3.63, 3.8) is 0 Å². The Bertz CT molecular complexity index is 301. The Hall–Kier alpha value is -1.16. The Kier molecular flexibility index (Phi) is 1.47. The first kappa shape index (κ1) is 6.54. The number of nitrogens with zero attached hydrogens (tertiary/aromatic N) is 3. The molecule has 5 heteroatoms. The van der Waals surface area contributed by atoms with E-state index in [0.717, 1.165) is 17.1 Å². The molecule has 0 aromatic carbocycles. The van der Waals surface area contributed by atoms with Gasteiger partial charge in [-0.1, -0.05) is 5.21 Å². The minimum Gasteiger partial charge on any atom is -0.258 e. The van der Waals surface area contributed by atoms with Crippen LogP contribution in [-0.4, -0.2) is 20.4 Å². The van der Waals surface area contributed by atoms with Gasteiger partial charge in [0.15, 0.2) is 0 Å². The SMILES string of the molecule is ClCc1cc2[nH]nncc-2n1. The van der Waals surface area contributed by atoms with Gasteiger partial charge >= 0.3 is 0 Å². The number of aromatic nitrogens is 4. The standard InChI is InChI=1S/C6H5ClN4/c7-2-4-1-5-6(9-4)3-8-11-10-5/h1,3H,2H2,(H,8,10). The molecule has 0 saturated carbocycles. The molecule has 56 valence electrons. The topological polar surface area (TPSA) is 54.5 Å². The highest BCUT2D eigenvalue weighted by Crippen LogP contribution is 2.17. The summed E-state index contributed by atoms with van der Waals surface area (Å²) in [7, 11) is 0. The predicted octanol–water partition coefficient (Wildman–Crippen LogP) is 1.04. The number of rotatable bonds is 1. The van der Waals surface area contributed by atoms with Crippen molar-refractivity contribution < 1.29 is 0 Å². The van der Waals surface area contributed by atoms with Gasteiger partial charge in [0, 0.05) is 0 Å². The van der Waals surface area contributed by atoms with Gasteiger partial charge in [0.1, 0.15) is 5.69 Å². The van der Waals surface area contributed by atoms with E-state index in [9.17, 15) is 0 Å². The van der Waals surface area contributed by atoms with E-state index in [0.29, 0.717) is 5.88 Å². The van der Waals surface area contributed by atoms with E-state index in [2.05, 4.69) is 20.4 Å². The van der Waals surface area contributed by atoms with Crippen LogP contribution >= 0.6 is 11.6 Å². The maximum atomic E-state index is 5.58. The second kappa shape index (κ2) is 2.47. The van der Waals surface area contributed by atoms with Gasteiger partial charge < -0.3 is 0 Å². The first-order valence-corrected chi connectivity index (χ1v) is 3.65. The lowest BCUT2D eigenvalue weighted by molar-refractivity contribution is 0.867. The molecule has 0 aliphatic carbocycles. The van der Waals surface area contributed by atoms with E-state index in [1.54, 1.807) is 6.20 Å². The van der Waals surface area contributed by atoms with Gasteiger partial charge in [-0.15, -0.1) is 16.7 Å². The van der Waals surface area contributed by atoms with Crippen molar-refractivity contribution in [2.75, 3.05) is 0 Å². The molecule has 11 heavy (non-hydrogen) atoms. The van der Waals surface area contributed by atoms with Crippen molar-refractivity contribution in [1.82, 2.24) is 20.4 Å². The summed E-state index contributed by atoms with van der Waals surface area (Å²) in [6, 6.07) is 1.86. The third-order valence-corrected chi connectivity index (χ3v) is 1.67. The number of halogens is 1. The molecule has 0 spiro atoms. The lowest BCUT2D eigenvalue weighted by Gasteiger charge is -1.89. The maximum absolute atomic E-state index is 5.58. The highest BCUT2D eigenvalue weighted by Gasteiger charge is 2.07. The van der Waals surface area contributed by atoms with Crippen LogP contribution in [0.3, 0.4) is 0 Å². The van der Waals surface area contributed by atoms with E-state index in [4.69, 9.17) is 11.6 Å². The van der Waals surface area contributed by atoms with Crippen LogP contribution < -0.4 is 0 Å². The molecule has 0 atom stereocenters. The number of alkyl halides is 1. The van der Waals surface area contributed by atoms with Crippen LogP contribution in [0.5, 0.6) is 0 Å². The summed E-state index contributed by atoms with van der Waals surface area (Å²) < 4.78 is 0. The Balaban J connectivity index is 2.60. The van der Waals surface area contributed by atoms with Crippen molar-refractivity contribution >= 4 is 11.6 Å². The second-order valence-corrected chi connectivity index (χ2v) is 2.40. The summed E-state index contributed by atoms with van der Waals surface area (Å²) >= 11 is 5.58. The Morgan fingerprint density at radius 1 is 1.55 bits per heavy atom. The molecule has 0 aromatic heterocycles. The van der Waals surface area contributed by atoms with Crippen LogP contribution in [0.2, 0.25) is 0 Å². The van der Waals surface area contributed by atoms with Crippen molar-refractivity contribution in [2.24, 2.45) is 0 Å². The highest BCUT2D eigenvalue weighted by molar-refractivity contribution is 6.17. The number of nitrogens with one attached hydrogen (secondary N) is 1. The van der Waals surface area contributed by atoms with Crippen LogP contribution in [0.15, 0.2) is 12.3 Å². The van der Waals surface area contributed by atoms with Crippen LogP contribution in [0.1, 0.15) is 5.69 Å². The normalized spacial score (nSPS) is 10.6. The van der Waals surface area contributed by atoms with Gasteiger partial charge in [0.25, 0.3) is 0 Å². The molecule has 4 nitrogen and oxygen atoms in total. The van der Waals surface area contributed by atoms with Crippen molar-refractivity contribution in [3.05, 3.63) is 18.0 Å². The molecule has 2 aliphatic heterocycles. The Morgan fingerprint density at radius 2 is 2.45 bits per heavy atom. The number of H-pyrrole nitrogens is 1. The van der Waals surface area contributed by atoms with Gasteiger partial charge in [-0.05, 0) is 6.07 Å². The van der Waals surface area contributed by atoms with Gasteiger partial charge in [-0.3, -0.25) is 5.10 Å². The van der Waals surface area contributed by atoms with Crippen molar-refractivity contribution in [3.8, 4) is 11.4 Å². The first-order valence-electron chi connectivity index (χ1n) is 3.12. The number of aromatic amines is 1. The highest BCUT2D eigenvalue weighted by atomic mass is 35.5. The van der Waals surface area contributed by atoms with E-state index >= 15 is 0 Å². The molecule has 0 saturated heterocycles. The fraction of sp³-hybridized carbons (Fsp3) is 0.167. The Morgan fingerprint density at radius 3 is 3.18 bits per heavy atom. The lowest BCUT2D eigenvalue weighted by Crippen LogP contribution is -1.88. The molecule has 0 radical (unpaired) electrons. The predicted molar refractivity (Wildman–Crippen MR) is 40.4 cm³/mol. The van der Waals surface area contributed by atoms with Crippen molar-refractivity contribution in [1.29, 1.82) is 0 Å². The molecule has 0 bridgehead atoms. The molecule has 1 N–H and O–H groups in total. The monoisotopic (exact) mass is 168 g/mol. The van der Waals surface area contributed by atoms with Gasteiger partial charge in [-0.25, -0.2) is 4.98 Å². The lowest BCUT2D eigenvalue weighted by atomic mass is 10.3. The van der Waals surface area contributed by atoms with Crippen LogP contribution in [0.4, 0.5) is 0 Å². The summed E-state index contributed by atoms with van der Waals surface area (Å²) in [5.74, 6) is 0.419. The zero-order chi connectivity index (χ0) is 7.68. The molecule has 2 aliphatic rings. The third-order valence-electron chi connectivity index (χ3n) is 1.40. The van der Waals surface area contributed by atoms with Gasteiger partial charge in [-0.2, -0.15) is 0 Å². The summed E-state index contributed by atoms with van der Waals surface area (Å²) in [6.07, 6.45) is 1.60. The van der Waals surface area contributed by atoms with E-state index in [1.807, 2.05) is 6.07 Å². The average Bonchev–Trinajstić information content (AvgIpc) is 2.46. The van der Waals surface area contributed by atoms with E-state index < -0.39 is 0 Å². The molecular formula is C6H5ClN4. The van der Waals surface area contributed by atoms with Crippen molar-refractivity contribution in [2.45, 2.75) is 5.88 Å². The summed E-state index contributed by atoms with van der Waals surface area (Å²) in [4.78, 5) is 4.17. The zero-order valence-corrected chi connectivity index (χ0v) is 6.34. The summed E-state index contributed by atoms with van der Waals surface area (Å²) in [5, 5.41) is 9.98. The quantitative estimate of drug-likeness (QED) is 0.648. The first-order chi connectivity index (χ1) is 5.40. The van der Waals surface area contributed by atoms with E-state index in [1.165, 1.54) is 0 Å². The molecule has 0 fully saturated rings. The summed E-state index contributed by atoms with van der Waals surface area (Å²) in [6.45, 7) is 0. The minimum absolute atomic E-state index is 0.419. The largest absolute Gasteiger partial charge is 0.258 e. The molecule has 2 heterocycles. The maximum Gasteiger partial charge on any atom is 0.109 e. The fourth-order valence-electron chi connectivity index (χ4n) is 0.910. The van der Waals surface area contributed by atoms with Gasteiger partial charge in [0.2, 0.25) is 0 Å². The second-order valence-electron chi connectivity index (χ2n) is 2.14. The number of fused-ring (bicyclic) bond motifs is 1. The van der Waals surface area contributed by atoms with Crippen LogP contribution in [0.25, 0.3) is 11.4 Å². The minimum atomic E-state index is 0.419. The Labute approximate surface area is 67.9 Å². The molecule has 2 rings (SSSR count). The number of hydrogen-bond acceptors (Lipinski definition) is 3. The molecule has 0 unspecified atom stereocenters. The number of hydrogen-bond donors (Lipinski definition) is 1. The summed E-state index contributed by atoms with van der Waals surface area (Å²) in [5.41, 5.74) is 2.51. The zero-order valence-electron chi connectivity index (χ0n) is 5.58. The van der Waals surface area contributed by atoms with Crippen LogP contribution in [-0.2, 0) is 5.88 Å². The van der Waals surface area contributed by atoms with Crippen LogP contribution in [0, 0.1) is 0 Å². The molecule has 0 amide bonds. The molecule has 0 aromatic rings. The average molecular weight is 169 g/mol. The van der Waals surface area contributed by atoms with Gasteiger partial charge in [0.05, 0.1) is 23.5 Å². The molecular weight excluding hydrogens is 164 g/mol. The smallest absolute Gasteiger partial charge is 0.109 e.